The molecule has 0 heterocycles. The molecule has 17 heavy (non-hydrogen) atoms. The van der Waals surface area contributed by atoms with E-state index in [9.17, 15) is 5.11 Å². The molecule has 1 unspecified atom stereocenters. The van der Waals surface area contributed by atoms with E-state index >= 15 is 0 Å². The van der Waals surface area contributed by atoms with E-state index in [1.165, 1.54) is 5.56 Å². The van der Waals surface area contributed by atoms with Crippen LogP contribution in [0.3, 0.4) is 0 Å². The summed E-state index contributed by atoms with van der Waals surface area (Å²) in [5.41, 5.74) is 1.30. The number of benzene rings is 1. The van der Waals surface area contributed by atoms with E-state index in [2.05, 4.69) is 40.2 Å². The van der Waals surface area contributed by atoms with Gasteiger partial charge in [0.15, 0.2) is 0 Å². The van der Waals surface area contributed by atoms with Crippen molar-refractivity contribution < 1.29 is 14.3 Å². The molecule has 0 saturated carbocycles. The molecule has 0 aliphatic rings. The zero-order valence-electron chi connectivity index (χ0n) is 11.3. The largest absolute Gasteiger partial charge is 0.491 e. The first kappa shape index (κ1) is 14.0. The first-order valence-corrected chi connectivity index (χ1v) is 6.11. The molecule has 96 valence electrons. The number of quaternary nitrogens is 1. The SMILES string of the molecule is CCc1ccc(OCC(O)C[N+](C)(C)C)cc1. The number of rotatable bonds is 6. The molecular formula is C14H24NO2+. The Morgan fingerprint density at radius 3 is 2.24 bits per heavy atom. The van der Waals surface area contributed by atoms with Crippen molar-refractivity contribution >= 4 is 0 Å². The first-order chi connectivity index (χ1) is 7.90. The maximum atomic E-state index is 9.81. The summed E-state index contributed by atoms with van der Waals surface area (Å²) in [6.07, 6.45) is 0.602. The second-order valence-electron chi connectivity index (χ2n) is 5.44. The summed E-state index contributed by atoms with van der Waals surface area (Å²) >= 11 is 0. The summed E-state index contributed by atoms with van der Waals surface area (Å²) in [6.45, 7) is 3.16. The van der Waals surface area contributed by atoms with Crippen LogP contribution in [0.1, 0.15) is 12.5 Å². The second-order valence-corrected chi connectivity index (χ2v) is 5.44. The van der Waals surface area contributed by atoms with Crippen molar-refractivity contribution in [2.75, 3.05) is 34.3 Å². The Hall–Kier alpha value is -1.06. The van der Waals surface area contributed by atoms with Crippen LogP contribution in [0.4, 0.5) is 0 Å². The molecule has 3 nitrogen and oxygen atoms in total. The van der Waals surface area contributed by atoms with Crippen molar-refractivity contribution in [2.24, 2.45) is 0 Å². The summed E-state index contributed by atoms with van der Waals surface area (Å²) < 4.78 is 6.29. The van der Waals surface area contributed by atoms with Gasteiger partial charge in [-0.05, 0) is 24.1 Å². The minimum atomic E-state index is -0.430. The molecule has 0 radical (unpaired) electrons. The van der Waals surface area contributed by atoms with Crippen LogP contribution in [0.5, 0.6) is 5.75 Å². The van der Waals surface area contributed by atoms with Gasteiger partial charge < -0.3 is 14.3 Å². The van der Waals surface area contributed by atoms with Gasteiger partial charge in [0.2, 0.25) is 0 Å². The molecule has 0 fully saturated rings. The monoisotopic (exact) mass is 238 g/mol. The Morgan fingerprint density at radius 1 is 1.18 bits per heavy atom. The number of aliphatic hydroxyl groups is 1. The lowest BCUT2D eigenvalue weighted by Gasteiger charge is -2.26. The van der Waals surface area contributed by atoms with Crippen LogP contribution < -0.4 is 4.74 Å². The molecule has 1 N–H and O–H groups in total. The Balaban J connectivity index is 2.39. The van der Waals surface area contributed by atoms with Gasteiger partial charge in [-0.15, -0.1) is 0 Å². The fourth-order valence-corrected chi connectivity index (χ4v) is 1.70. The molecule has 0 spiro atoms. The van der Waals surface area contributed by atoms with E-state index < -0.39 is 6.10 Å². The molecule has 0 bridgehead atoms. The van der Waals surface area contributed by atoms with Crippen molar-refractivity contribution in [3.63, 3.8) is 0 Å². The third kappa shape index (κ3) is 5.71. The van der Waals surface area contributed by atoms with Gasteiger partial charge in [0.25, 0.3) is 0 Å². The number of ether oxygens (including phenoxy) is 1. The van der Waals surface area contributed by atoms with Crippen LogP contribution in [0.15, 0.2) is 24.3 Å². The molecule has 1 atom stereocenters. The summed E-state index contributed by atoms with van der Waals surface area (Å²) in [4.78, 5) is 0. The molecule has 1 aromatic carbocycles. The maximum absolute atomic E-state index is 9.81. The third-order valence-electron chi connectivity index (χ3n) is 2.53. The smallest absolute Gasteiger partial charge is 0.137 e. The summed E-state index contributed by atoms with van der Waals surface area (Å²) in [6, 6.07) is 8.03. The standard InChI is InChI=1S/C14H24NO2/c1-5-12-6-8-14(9-7-12)17-11-13(16)10-15(2,3)4/h6-9,13,16H,5,10-11H2,1-4H3/q+1. The molecule has 0 aliphatic heterocycles. The number of nitrogens with zero attached hydrogens (tertiary/aromatic N) is 1. The highest BCUT2D eigenvalue weighted by molar-refractivity contribution is 5.27. The van der Waals surface area contributed by atoms with Gasteiger partial charge in [-0.1, -0.05) is 19.1 Å². The van der Waals surface area contributed by atoms with Gasteiger partial charge in [0, 0.05) is 0 Å². The quantitative estimate of drug-likeness (QED) is 0.764. The Bertz CT molecular complexity index is 327. The van der Waals surface area contributed by atoms with Gasteiger partial charge in [0.05, 0.1) is 21.1 Å². The van der Waals surface area contributed by atoms with E-state index in [0.717, 1.165) is 16.7 Å². The van der Waals surface area contributed by atoms with E-state index in [1.807, 2.05) is 12.1 Å². The third-order valence-corrected chi connectivity index (χ3v) is 2.53. The van der Waals surface area contributed by atoms with Crippen LogP contribution in [0.2, 0.25) is 0 Å². The van der Waals surface area contributed by atoms with E-state index in [1.54, 1.807) is 0 Å². The molecule has 1 rings (SSSR count). The molecule has 0 aliphatic carbocycles. The molecule has 3 heteroatoms. The maximum Gasteiger partial charge on any atom is 0.137 e. The van der Waals surface area contributed by atoms with Gasteiger partial charge in [-0.25, -0.2) is 0 Å². The average Bonchev–Trinajstić information content (AvgIpc) is 2.25. The van der Waals surface area contributed by atoms with Gasteiger partial charge in [-0.3, -0.25) is 0 Å². The second kappa shape index (κ2) is 6.03. The topological polar surface area (TPSA) is 29.5 Å². The van der Waals surface area contributed by atoms with Crippen LogP contribution in [-0.2, 0) is 6.42 Å². The number of aliphatic hydroxyl groups excluding tert-OH is 1. The van der Waals surface area contributed by atoms with Crippen molar-refractivity contribution in [2.45, 2.75) is 19.4 Å². The van der Waals surface area contributed by atoms with Crippen molar-refractivity contribution in [1.82, 2.24) is 0 Å². The molecule has 0 aromatic heterocycles. The zero-order chi connectivity index (χ0) is 12.9. The van der Waals surface area contributed by atoms with Crippen LogP contribution in [0, 0.1) is 0 Å². The predicted octanol–water partition coefficient (Wildman–Crippen LogP) is 1.69. The normalized spacial score (nSPS) is 13.5. The predicted molar refractivity (Wildman–Crippen MR) is 70.2 cm³/mol. The average molecular weight is 238 g/mol. The van der Waals surface area contributed by atoms with Crippen molar-refractivity contribution in [3.05, 3.63) is 29.8 Å². The van der Waals surface area contributed by atoms with E-state index in [4.69, 9.17) is 4.74 Å². The minimum absolute atomic E-state index is 0.348. The summed E-state index contributed by atoms with van der Waals surface area (Å²) in [7, 11) is 6.16. The molecule has 0 amide bonds. The number of aryl methyl sites for hydroxylation is 1. The number of hydrogen-bond acceptors (Lipinski definition) is 2. The number of hydrogen-bond donors (Lipinski definition) is 1. The van der Waals surface area contributed by atoms with Crippen molar-refractivity contribution in [3.8, 4) is 5.75 Å². The lowest BCUT2D eigenvalue weighted by atomic mass is 10.2. The summed E-state index contributed by atoms with van der Waals surface area (Å²) in [5, 5.41) is 9.81. The highest BCUT2D eigenvalue weighted by Gasteiger charge is 2.15. The highest BCUT2D eigenvalue weighted by atomic mass is 16.5. The zero-order valence-corrected chi connectivity index (χ0v) is 11.3. The minimum Gasteiger partial charge on any atom is -0.491 e. The fourth-order valence-electron chi connectivity index (χ4n) is 1.70. The lowest BCUT2D eigenvalue weighted by molar-refractivity contribution is -0.873. The summed E-state index contributed by atoms with van der Waals surface area (Å²) in [5.74, 6) is 0.822. The number of likely N-dealkylation sites (N-methyl/N-ethyl adjacent to an activating group) is 1. The fraction of sp³-hybridized carbons (Fsp3) is 0.571. The van der Waals surface area contributed by atoms with Gasteiger partial charge in [-0.2, -0.15) is 0 Å². The van der Waals surface area contributed by atoms with Crippen LogP contribution in [-0.4, -0.2) is 50.0 Å². The molecular weight excluding hydrogens is 214 g/mol. The van der Waals surface area contributed by atoms with Gasteiger partial charge in [0.1, 0.15) is 25.0 Å². The first-order valence-electron chi connectivity index (χ1n) is 6.11. The Kier molecular flexibility index (Phi) is 4.97. The van der Waals surface area contributed by atoms with E-state index in [-0.39, 0.29) is 0 Å². The van der Waals surface area contributed by atoms with Gasteiger partial charge >= 0.3 is 0 Å². The Labute approximate surface area is 104 Å². The molecule has 0 saturated heterocycles. The Morgan fingerprint density at radius 2 is 1.76 bits per heavy atom. The lowest BCUT2D eigenvalue weighted by Crippen LogP contribution is -2.43. The van der Waals surface area contributed by atoms with E-state index in [0.29, 0.717) is 13.2 Å². The highest BCUT2D eigenvalue weighted by Crippen LogP contribution is 2.12. The van der Waals surface area contributed by atoms with Crippen molar-refractivity contribution in [1.29, 1.82) is 0 Å². The molecule has 1 aromatic rings. The van der Waals surface area contributed by atoms with Crippen LogP contribution >= 0.6 is 0 Å². The van der Waals surface area contributed by atoms with Crippen LogP contribution in [0.25, 0.3) is 0 Å².